The van der Waals surface area contributed by atoms with Gasteiger partial charge >= 0.3 is 0 Å². The molecule has 0 amide bonds. The number of nitrogens with two attached hydrogens (primary N) is 2. The zero-order valence-corrected chi connectivity index (χ0v) is 12.1. The van der Waals surface area contributed by atoms with E-state index in [0.717, 1.165) is 13.0 Å². The maximum absolute atomic E-state index is 6.14. The summed E-state index contributed by atoms with van der Waals surface area (Å²) >= 11 is 0. The van der Waals surface area contributed by atoms with Gasteiger partial charge in [0.2, 0.25) is 0 Å². The van der Waals surface area contributed by atoms with E-state index in [-0.39, 0.29) is 0 Å². The van der Waals surface area contributed by atoms with Crippen LogP contribution in [0.2, 0.25) is 0 Å². The van der Waals surface area contributed by atoms with Crippen LogP contribution in [0.4, 0.5) is 0 Å². The van der Waals surface area contributed by atoms with Crippen LogP contribution >= 0.6 is 0 Å². The molecule has 0 aliphatic heterocycles. The van der Waals surface area contributed by atoms with Crippen molar-refractivity contribution in [3.63, 3.8) is 0 Å². The largest absolute Gasteiger partial charge is 0.330 e. The molecular weight excluding hydrogens is 208 g/mol. The lowest BCUT2D eigenvalue weighted by Gasteiger charge is -2.22. The van der Waals surface area contributed by atoms with E-state index in [2.05, 4.69) is 13.8 Å². The first-order valence-corrected chi connectivity index (χ1v) is 7.71. The normalized spacial score (nSPS) is 14.8. The van der Waals surface area contributed by atoms with Crippen LogP contribution in [-0.2, 0) is 0 Å². The molecule has 2 heteroatoms. The minimum absolute atomic E-state index is 0.324. The van der Waals surface area contributed by atoms with E-state index in [0.29, 0.717) is 12.0 Å². The standard InChI is InChI=1S/C15H34N2/c1-3-5-6-7-8-9-10-11-14(4-2)15(17)12-13-16/h14-15H,3-13,16-17H2,1-2H3. The molecule has 0 fully saturated rings. The minimum Gasteiger partial charge on any atom is -0.330 e. The fraction of sp³-hybridized carbons (Fsp3) is 1.00. The highest BCUT2D eigenvalue weighted by Crippen LogP contribution is 2.19. The van der Waals surface area contributed by atoms with E-state index in [1.165, 1.54) is 57.8 Å². The number of unbranched alkanes of at least 4 members (excludes halogenated alkanes) is 6. The average molecular weight is 242 g/mol. The second-order valence-corrected chi connectivity index (χ2v) is 5.32. The third-order valence-electron chi connectivity index (χ3n) is 3.81. The van der Waals surface area contributed by atoms with Gasteiger partial charge in [-0.15, -0.1) is 0 Å². The lowest BCUT2D eigenvalue weighted by Crippen LogP contribution is -2.32. The molecule has 0 aliphatic rings. The molecule has 17 heavy (non-hydrogen) atoms. The van der Waals surface area contributed by atoms with Gasteiger partial charge in [-0.2, -0.15) is 0 Å². The molecule has 0 aromatic carbocycles. The topological polar surface area (TPSA) is 52.0 Å². The molecule has 104 valence electrons. The lowest BCUT2D eigenvalue weighted by atomic mass is 9.89. The van der Waals surface area contributed by atoms with Crippen LogP contribution in [0.5, 0.6) is 0 Å². The van der Waals surface area contributed by atoms with Crippen molar-refractivity contribution in [1.29, 1.82) is 0 Å². The third-order valence-corrected chi connectivity index (χ3v) is 3.81. The van der Waals surface area contributed by atoms with Crippen LogP contribution in [0.15, 0.2) is 0 Å². The summed E-state index contributed by atoms with van der Waals surface area (Å²) in [6, 6.07) is 0.324. The van der Waals surface area contributed by atoms with Crippen LogP contribution in [0.25, 0.3) is 0 Å². The van der Waals surface area contributed by atoms with Gasteiger partial charge in [0.25, 0.3) is 0 Å². The molecule has 0 spiro atoms. The van der Waals surface area contributed by atoms with Crippen LogP contribution in [-0.4, -0.2) is 12.6 Å². The maximum Gasteiger partial charge on any atom is 0.00790 e. The molecule has 0 aromatic rings. The smallest absolute Gasteiger partial charge is 0.00790 e. The lowest BCUT2D eigenvalue weighted by molar-refractivity contribution is 0.353. The van der Waals surface area contributed by atoms with E-state index in [9.17, 15) is 0 Å². The zero-order valence-electron chi connectivity index (χ0n) is 12.1. The van der Waals surface area contributed by atoms with Gasteiger partial charge < -0.3 is 11.5 Å². The van der Waals surface area contributed by atoms with Gasteiger partial charge in [0.15, 0.2) is 0 Å². The van der Waals surface area contributed by atoms with Crippen molar-refractivity contribution in [2.75, 3.05) is 6.54 Å². The Morgan fingerprint density at radius 3 is 1.94 bits per heavy atom. The van der Waals surface area contributed by atoms with Gasteiger partial charge in [-0.3, -0.25) is 0 Å². The zero-order chi connectivity index (χ0) is 12.9. The van der Waals surface area contributed by atoms with Crippen LogP contribution in [0, 0.1) is 5.92 Å². The molecule has 0 rings (SSSR count). The van der Waals surface area contributed by atoms with Crippen molar-refractivity contribution in [1.82, 2.24) is 0 Å². The Morgan fingerprint density at radius 2 is 1.41 bits per heavy atom. The Bertz CT molecular complexity index is 148. The quantitative estimate of drug-likeness (QED) is 0.511. The van der Waals surface area contributed by atoms with Crippen molar-refractivity contribution < 1.29 is 0 Å². The molecule has 4 N–H and O–H groups in total. The van der Waals surface area contributed by atoms with E-state index < -0.39 is 0 Å². The highest BCUT2D eigenvalue weighted by Gasteiger charge is 2.14. The highest BCUT2D eigenvalue weighted by molar-refractivity contribution is 4.72. The third kappa shape index (κ3) is 9.61. The summed E-state index contributed by atoms with van der Waals surface area (Å²) in [5.74, 6) is 0.689. The monoisotopic (exact) mass is 242 g/mol. The summed E-state index contributed by atoms with van der Waals surface area (Å²) in [4.78, 5) is 0. The predicted octanol–water partition coefficient (Wildman–Crippen LogP) is 3.83. The Labute approximate surface area is 109 Å². The molecule has 0 saturated carbocycles. The minimum atomic E-state index is 0.324. The van der Waals surface area contributed by atoms with Crippen molar-refractivity contribution in [3.05, 3.63) is 0 Å². The molecule has 2 atom stereocenters. The first kappa shape index (κ1) is 16.9. The fourth-order valence-electron chi connectivity index (χ4n) is 2.51. The Balaban J connectivity index is 3.43. The second-order valence-electron chi connectivity index (χ2n) is 5.32. The molecule has 2 nitrogen and oxygen atoms in total. The van der Waals surface area contributed by atoms with E-state index >= 15 is 0 Å². The van der Waals surface area contributed by atoms with Crippen LogP contribution < -0.4 is 11.5 Å². The van der Waals surface area contributed by atoms with Gasteiger partial charge in [0.05, 0.1) is 0 Å². The molecule has 0 radical (unpaired) electrons. The van der Waals surface area contributed by atoms with Gasteiger partial charge in [0, 0.05) is 6.04 Å². The van der Waals surface area contributed by atoms with E-state index in [4.69, 9.17) is 11.5 Å². The predicted molar refractivity (Wildman–Crippen MR) is 78.0 cm³/mol. The first-order valence-electron chi connectivity index (χ1n) is 7.71. The van der Waals surface area contributed by atoms with E-state index in [1.807, 2.05) is 0 Å². The summed E-state index contributed by atoms with van der Waals surface area (Å²) < 4.78 is 0. The SMILES string of the molecule is CCCCCCCCCC(CC)C(N)CCN. The molecular formula is C15H34N2. The Morgan fingerprint density at radius 1 is 0.824 bits per heavy atom. The maximum atomic E-state index is 6.14. The van der Waals surface area contributed by atoms with Crippen molar-refractivity contribution >= 4 is 0 Å². The molecule has 0 aliphatic carbocycles. The number of hydrogen-bond donors (Lipinski definition) is 2. The molecule has 0 saturated heterocycles. The van der Waals surface area contributed by atoms with Crippen molar-refractivity contribution in [2.45, 2.75) is 84.1 Å². The summed E-state index contributed by atoms with van der Waals surface area (Å²) in [5.41, 5.74) is 11.7. The van der Waals surface area contributed by atoms with Crippen LogP contribution in [0.3, 0.4) is 0 Å². The Hall–Kier alpha value is -0.0800. The molecule has 2 unspecified atom stereocenters. The highest BCUT2D eigenvalue weighted by atomic mass is 14.7. The molecule has 0 aromatic heterocycles. The Kier molecular flexibility index (Phi) is 12.3. The summed E-state index contributed by atoms with van der Waals surface area (Å²) in [5, 5.41) is 0. The number of rotatable bonds is 12. The van der Waals surface area contributed by atoms with Crippen molar-refractivity contribution in [3.8, 4) is 0 Å². The van der Waals surface area contributed by atoms with Crippen LogP contribution in [0.1, 0.15) is 78.1 Å². The fourth-order valence-corrected chi connectivity index (χ4v) is 2.51. The average Bonchev–Trinajstić information content (AvgIpc) is 2.33. The van der Waals surface area contributed by atoms with Gasteiger partial charge in [-0.05, 0) is 25.3 Å². The van der Waals surface area contributed by atoms with Crippen molar-refractivity contribution in [2.24, 2.45) is 17.4 Å². The summed E-state index contributed by atoms with van der Waals surface area (Å²) in [6.45, 7) is 5.25. The molecule has 0 heterocycles. The van der Waals surface area contributed by atoms with Gasteiger partial charge in [0.1, 0.15) is 0 Å². The van der Waals surface area contributed by atoms with Gasteiger partial charge in [-0.25, -0.2) is 0 Å². The first-order chi connectivity index (χ1) is 8.26. The molecule has 0 bridgehead atoms. The van der Waals surface area contributed by atoms with Gasteiger partial charge in [-0.1, -0.05) is 65.2 Å². The number of hydrogen-bond acceptors (Lipinski definition) is 2. The van der Waals surface area contributed by atoms with E-state index in [1.54, 1.807) is 0 Å². The second kappa shape index (κ2) is 12.4. The summed E-state index contributed by atoms with van der Waals surface area (Å²) in [6.07, 6.45) is 13.2. The summed E-state index contributed by atoms with van der Waals surface area (Å²) in [7, 11) is 0.